The fourth-order valence-electron chi connectivity index (χ4n) is 3.18. The third-order valence-corrected chi connectivity index (χ3v) is 4.61. The maximum atomic E-state index is 13.0. The van der Waals surface area contributed by atoms with E-state index in [4.69, 9.17) is 16.3 Å². The molecule has 1 N–H and O–H groups in total. The van der Waals surface area contributed by atoms with Crippen LogP contribution < -0.4 is 15.0 Å². The van der Waals surface area contributed by atoms with Gasteiger partial charge in [-0.25, -0.2) is 4.98 Å². The maximum absolute atomic E-state index is 13.0. The van der Waals surface area contributed by atoms with Crippen molar-refractivity contribution in [2.75, 3.05) is 16.8 Å². The monoisotopic (exact) mass is 379 g/mol. The van der Waals surface area contributed by atoms with Crippen molar-refractivity contribution in [2.45, 2.75) is 13.1 Å². The van der Waals surface area contributed by atoms with Crippen molar-refractivity contribution in [3.8, 4) is 5.75 Å². The van der Waals surface area contributed by atoms with Crippen LogP contribution in [0.4, 0.5) is 11.5 Å². The highest BCUT2D eigenvalue weighted by molar-refractivity contribution is 6.30. The number of anilines is 2. The van der Waals surface area contributed by atoms with E-state index in [0.717, 1.165) is 17.0 Å². The molecule has 1 aliphatic rings. The molecule has 3 aromatic rings. The van der Waals surface area contributed by atoms with Crippen molar-refractivity contribution in [1.82, 2.24) is 4.98 Å². The summed E-state index contributed by atoms with van der Waals surface area (Å²) in [5.74, 6) is 1.26. The van der Waals surface area contributed by atoms with E-state index in [1.807, 2.05) is 55.5 Å². The van der Waals surface area contributed by atoms with Gasteiger partial charge in [-0.2, -0.15) is 0 Å². The second kappa shape index (κ2) is 7.29. The van der Waals surface area contributed by atoms with Crippen LogP contribution in [0.15, 0.2) is 66.9 Å². The summed E-state index contributed by atoms with van der Waals surface area (Å²) in [6.45, 7) is 2.57. The molecule has 4 rings (SSSR count). The Morgan fingerprint density at radius 3 is 2.59 bits per heavy atom. The molecule has 1 aromatic heterocycles. The highest BCUT2D eigenvalue weighted by atomic mass is 35.5. The summed E-state index contributed by atoms with van der Waals surface area (Å²) < 4.78 is 5.49. The van der Waals surface area contributed by atoms with Gasteiger partial charge in [-0.3, -0.25) is 9.69 Å². The van der Waals surface area contributed by atoms with Gasteiger partial charge in [-0.05, 0) is 49.4 Å². The Bertz CT molecular complexity index is 958. The van der Waals surface area contributed by atoms with Gasteiger partial charge in [0.2, 0.25) is 0 Å². The minimum atomic E-state index is -0.361. The molecule has 0 saturated heterocycles. The molecule has 6 heteroatoms. The lowest BCUT2D eigenvalue weighted by molar-refractivity contribution is 0.0992. The maximum Gasteiger partial charge on any atom is 0.261 e. The van der Waals surface area contributed by atoms with E-state index < -0.39 is 0 Å². The molecule has 0 saturated carbocycles. The first-order valence-electron chi connectivity index (χ1n) is 8.71. The molecule has 1 aliphatic heterocycles. The van der Waals surface area contributed by atoms with Crippen LogP contribution in [-0.2, 0) is 0 Å². The Hall–Kier alpha value is -3.05. The number of rotatable bonds is 5. The fourth-order valence-corrected chi connectivity index (χ4v) is 3.29. The minimum absolute atomic E-state index is 0.0936. The summed E-state index contributed by atoms with van der Waals surface area (Å²) in [5, 5.41) is 3.96. The molecule has 2 heterocycles. The average molecular weight is 380 g/mol. The third kappa shape index (κ3) is 3.34. The van der Waals surface area contributed by atoms with Gasteiger partial charge in [0, 0.05) is 23.0 Å². The smallest absolute Gasteiger partial charge is 0.261 e. The number of carbonyl (C=O) groups excluding carboxylic acids is 1. The Morgan fingerprint density at radius 1 is 1.11 bits per heavy atom. The van der Waals surface area contributed by atoms with Crippen molar-refractivity contribution in [3.05, 3.63) is 83.0 Å². The summed E-state index contributed by atoms with van der Waals surface area (Å²) >= 11 is 5.96. The minimum Gasteiger partial charge on any atom is -0.494 e. The van der Waals surface area contributed by atoms with Crippen LogP contribution in [0.5, 0.6) is 5.75 Å². The first-order valence-corrected chi connectivity index (χ1v) is 9.08. The van der Waals surface area contributed by atoms with E-state index >= 15 is 0 Å². The predicted octanol–water partition coefficient (Wildman–Crippen LogP) is 4.90. The quantitative estimate of drug-likeness (QED) is 0.684. The van der Waals surface area contributed by atoms with E-state index in [-0.39, 0.29) is 12.1 Å². The van der Waals surface area contributed by atoms with Gasteiger partial charge < -0.3 is 10.1 Å². The Kier molecular flexibility index (Phi) is 4.69. The van der Waals surface area contributed by atoms with Crippen molar-refractivity contribution in [1.29, 1.82) is 0 Å². The zero-order valence-electron chi connectivity index (χ0n) is 14.7. The highest BCUT2D eigenvalue weighted by Gasteiger charge is 2.38. The number of nitrogens with one attached hydrogen (secondary N) is 1. The predicted molar refractivity (Wildman–Crippen MR) is 106 cm³/mol. The SMILES string of the molecule is CCOc1ccc(N[C@H]2c3ccccc3C(=O)N2c2ccc(Cl)cn2)cc1. The molecule has 2 aromatic carbocycles. The van der Waals surface area contributed by atoms with E-state index in [2.05, 4.69) is 10.3 Å². The normalized spacial score (nSPS) is 15.6. The zero-order valence-corrected chi connectivity index (χ0v) is 15.5. The number of hydrogen-bond donors (Lipinski definition) is 1. The summed E-state index contributed by atoms with van der Waals surface area (Å²) in [5.41, 5.74) is 2.46. The summed E-state index contributed by atoms with van der Waals surface area (Å²) in [6.07, 6.45) is 1.18. The largest absolute Gasteiger partial charge is 0.494 e. The van der Waals surface area contributed by atoms with E-state index in [1.54, 1.807) is 23.2 Å². The number of hydrogen-bond acceptors (Lipinski definition) is 4. The molecule has 27 heavy (non-hydrogen) atoms. The first kappa shape index (κ1) is 17.4. The molecule has 0 spiro atoms. The third-order valence-electron chi connectivity index (χ3n) is 4.39. The molecule has 1 amide bonds. The number of benzene rings is 2. The molecule has 0 bridgehead atoms. The van der Waals surface area contributed by atoms with Crippen LogP contribution >= 0.6 is 11.6 Å². The standard InChI is InChI=1S/C21H18ClN3O2/c1-2-27-16-10-8-15(9-11-16)24-20-17-5-3-4-6-18(17)21(26)25(20)19-12-7-14(22)13-23-19/h3-13,20,24H,2H2,1H3/t20-/m1/s1. The van der Waals surface area contributed by atoms with E-state index in [9.17, 15) is 4.79 Å². The lowest BCUT2D eigenvalue weighted by Crippen LogP contribution is -2.32. The molecule has 0 fully saturated rings. The molecule has 0 aliphatic carbocycles. The molecule has 1 atom stereocenters. The number of nitrogens with zero attached hydrogens (tertiary/aromatic N) is 2. The first-order chi connectivity index (χ1) is 13.2. The van der Waals surface area contributed by atoms with Gasteiger partial charge in [-0.1, -0.05) is 29.8 Å². The second-order valence-electron chi connectivity index (χ2n) is 6.10. The second-order valence-corrected chi connectivity index (χ2v) is 6.54. The molecule has 136 valence electrons. The van der Waals surface area contributed by atoms with Gasteiger partial charge in [0.05, 0.1) is 11.6 Å². The van der Waals surface area contributed by atoms with Crippen LogP contribution in [-0.4, -0.2) is 17.5 Å². The summed E-state index contributed by atoms with van der Waals surface area (Å²) in [4.78, 5) is 19.0. The lowest BCUT2D eigenvalue weighted by Gasteiger charge is -2.26. The number of aromatic nitrogens is 1. The Labute approximate surface area is 162 Å². The van der Waals surface area contributed by atoms with Crippen LogP contribution in [0.1, 0.15) is 29.0 Å². The van der Waals surface area contributed by atoms with Gasteiger partial charge in [0.1, 0.15) is 17.7 Å². The molecular formula is C21H18ClN3O2. The van der Waals surface area contributed by atoms with Crippen molar-refractivity contribution < 1.29 is 9.53 Å². The van der Waals surface area contributed by atoms with Gasteiger partial charge in [0.15, 0.2) is 0 Å². The number of amides is 1. The number of fused-ring (bicyclic) bond motifs is 1. The van der Waals surface area contributed by atoms with Crippen molar-refractivity contribution >= 4 is 29.0 Å². The summed E-state index contributed by atoms with van der Waals surface area (Å²) in [6, 6.07) is 18.7. The van der Waals surface area contributed by atoms with Crippen molar-refractivity contribution in [3.63, 3.8) is 0 Å². The summed E-state index contributed by atoms with van der Waals surface area (Å²) in [7, 11) is 0. The molecule has 0 radical (unpaired) electrons. The molecule has 5 nitrogen and oxygen atoms in total. The van der Waals surface area contributed by atoms with Crippen LogP contribution in [0, 0.1) is 0 Å². The van der Waals surface area contributed by atoms with Crippen LogP contribution in [0.25, 0.3) is 0 Å². The lowest BCUT2D eigenvalue weighted by atomic mass is 10.1. The van der Waals surface area contributed by atoms with Crippen LogP contribution in [0.2, 0.25) is 5.02 Å². The van der Waals surface area contributed by atoms with Crippen LogP contribution in [0.3, 0.4) is 0 Å². The number of pyridine rings is 1. The van der Waals surface area contributed by atoms with E-state index in [0.29, 0.717) is 23.0 Å². The molecule has 0 unspecified atom stereocenters. The zero-order chi connectivity index (χ0) is 18.8. The van der Waals surface area contributed by atoms with Gasteiger partial charge >= 0.3 is 0 Å². The van der Waals surface area contributed by atoms with E-state index in [1.165, 1.54) is 0 Å². The number of halogens is 1. The topological polar surface area (TPSA) is 54.5 Å². The number of ether oxygens (including phenoxy) is 1. The van der Waals surface area contributed by atoms with Gasteiger partial charge in [0.25, 0.3) is 5.91 Å². The Balaban J connectivity index is 1.70. The average Bonchev–Trinajstić information content (AvgIpc) is 2.97. The van der Waals surface area contributed by atoms with Gasteiger partial charge in [-0.15, -0.1) is 0 Å². The Morgan fingerprint density at radius 2 is 1.89 bits per heavy atom. The molecular weight excluding hydrogens is 362 g/mol. The number of carbonyl (C=O) groups is 1. The van der Waals surface area contributed by atoms with Crippen molar-refractivity contribution in [2.24, 2.45) is 0 Å². The fraction of sp³-hybridized carbons (Fsp3) is 0.143. The highest BCUT2D eigenvalue weighted by Crippen LogP contribution is 2.37.